The summed E-state index contributed by atoms with van der Waals surface area (Å²) in [6.45, 7) is 4.23. The highest BCUT2D eigenvalue weighted by Gasteiger charge is 2.17. The molecule has 0 saturated carbocycles. The van der Waals surface area contributed by atoms with Gasteiger partial charge in [0.2, 0.25) is 0 Å². The van der Waals surface area contributed by atoms with Crippen LogP contribution in [0.4, 0.5) is 0 Å². The molecule has 3 heteroatoms. The van der Waals surface area contributed by atoms with Gasteiger partial charge in [0, 0.05) is 9.35 Å². The molecule has 1 aromatic carbocycles. The fraction of sp³-hybridized carbons (Fsp3) is 0.231. The van der Waals surface area contributed by atoms with Gasteiger partial charge in [-0.1, -0.05) is 18.2 Å². The van der Waals surface area contributed by atoms with Crippen LogP contribution in [0.1, 0.15) is 27.6 Å². The summed E-state index contributed by atoms with van der Waals surface area (Å²) < 4.78 is 1.10. The van der Waals surface area contributed by atoms with Crippen molar-refractivity contribution in [2.75, 3.05) is 0 Å². The molecule has 2 aromatic rings. The number of benzene rings is 1. The molecule has 0 spiro atoms. The van der Waals surface area contributed by atoms with Crippen LogP contribution in [0.3, 0.4) is 0 Å². The zero-order valence-electron chi connectivity index (χ0n) is 9.33. The minimum atomic E-state index is -0.0319. The first-order valence-electron chi connectivity index (χ1n) is 5.16. The molecule has 1 aromatic heterocycles. The number of aryl methyl sites for hydroxylation is 2. The third kappa shape index (κ3) is 2.08. The van der Waals surface area contributed by atoms with Crippen LogP contribution in [0.2, 0.25) is 0 Å². The lowest BCUT2D eigenvalue weighted by Crippen LogP contribution is -2.13. The Morgan fingerprint density at radius 2 is 1.81 bits per heavy atom. The van der Waals surface area contributed by atoms with Gasteiger partial charge >= 0.3 is 0 Å². The van der Waals surface area contributed by atoms with E-state index in [-0.39, 0.29) is 6.04 Å². The molecule has 1 heterocycles. The predicted molar refractivity (Wildman–Crippen MR) is 74.0 cm³/mol. The van der Waals surface area contributed by atoms with E-state index in [1.54, 1.807) is 11.3 Å². The van der Waals surface area contributed by atoms with E-state index in [0.29, 0.717) is 0 Å². The van der Waals surface area contributed by atoms with Crippen LogP contribution in [0, 0.1) is 13.8 Å². The minimum absolute atomic E-state index is 0.0319. The van der Waals surface area contributed by atoms with Crippen LogP contribution < -0.4 is 5.73 Å². The summed E-state index contributed by atoms with van der Waals surface area (Å²) >= 11 is 5.24. The van der Waals surface area contributed by atoms with Gasteiger partial charge < -0.3 is 5.73 Å². The summed E-state index contributed by atoms with van der Waals surface area (Å²) in [6.07, 6.45) is 0. The molecule has 0 aliphatic rings. The number of thiophene rings is 1. The Morgan fingerprint density at radius 1 is 1.19 bits per heavy atom. The molecule has 1 unspecified atom stereocenters. The molecule has 0 aliphatic carbocycles. The van der Waals surface area contributed by atoms with E-state index < -0.39 is 0 Å². The molecular formula is C13H14BrNS. The standard InChI is InChI=1S/C13H14BrNS/c1-8-4-3-5-9(2)11(8)12(15)13-10(14)6-7-16-13/h3-7,12H,15H2,1-2H3. The first-order valence-corrected chi connectivity index (χ1v) is 6.83. The predicted octanol–water partition coefficient (Wildman–Crippen LogP) is 4.18. The van der Waals surface area contributed by atoms with Crippen LogP contribution in [0.5, 0.6) is 0 Å². The second-order valence-electron chi connectivity index (χ2n) is 3.92. The maximum Gasteiger partial charge on any atom is 0.0662 e. The van der Waals surface area contributed by atoms with Crippen LogP contribution in [0.15, 0.2) is 34.1 Å². The molecule has 0 fully saturated rings. The Labute approximate surface area is 108 Å². The number of hydrogen-bond donors (Lipinski definition) is 1. The Balaban J connectivity index is 2.49. The molecule has 1 nitrogen and oxygen atoms in total. The monoisotopic (exact) mass is 295 g/mol. The fourth-order valence-corrected chi connectivity index (χ4v) is 3.61. The highest BCUT2D eigenvalue weighted by molar-refractivity contribution is 9.10. The molecule has 84 valence electrons. The fourth-order valence-electron chi connectivity index (χ4n) is 1.98. The topological polar surface area (TPSA) is 26.0 Å². The Morgan fingerprint density at radius 3 is 2.31 bits per heavy atom. The summed E-state index contributed by atoms with van der Waals surface area (Å²) in [6, 6.07) is 8.32. The molecule has 0 amide bonds. The van der Waals surface area contributed by atoms with E-state index in [1.165, 1.54) is 21.6 Å². The average Bonchev–Trinajstić information content (AvgIpc) is 2.64. The lowest BCUT2D eigenvalue weighted by atomic mass is 9.96. The van der Waals surface area contributed by atoms with Gasteiger partial charge in [-0.3, -0.25) is 0 Å². The van der Waals surface area contributed by atoms with Crippen molar-refractivity contribution in [2.24, 2.45) is 5.73 Å². The minimum Gasteiger partial charge on any atom is -0.320 e. The van der Waals surface area contributed by atoms with E-state index in [2.05, 4.69) is 53.4 Å². The van der Waals surface area contributed by atoms with Gasteiger partial charge in [-0.2, -0.15) is 0 Å². The van der Waals surface area contributed by atoms with Crippen molar-refractivity contribution in [3.8, 4) is 0 Å². The van der Waals surface area contributed by atoms with Crippen molar-refractivity contribution in [3.63, 3.8) is 0 Å². The van der Waals surface area contributed by atoms with Crippen LogP contribution >= 0.6 is 27.3 Å². The molecule has 2 N–H and O–H groups in total. The Hall–Kier alpha value is -0.640. The van der Waals surface area contributed by atoms with Gasteiger partial charge in [0.1, 0.15) is 0 Å². The lowest BCUT2D eigenvalue weighted by Gasteiger charge is -2.16. The summed E-state index contributed by atoms with van der Waals surface area (Å²) in [7, 11) is 0. The zero-order chi connectivity index (χ0) is 11.7. The summed E-state index contributed by atoms with van der Waals surface area (Å²) in [4.78, 5) is 1.19. The summed E-state index contributed by atoms with van der Waals surface area (Å²) in [5.41, 5.74) is 10.1. The van der Waals surface area contributed by atoms with E-state index >= 15 is 0 Å². The maximum absolute atomic E-state index is 6.34. The van der Waals surface area contributed by atoms with Gasteiger partial charge in [-0.25, -0.2) is 0 Å². The Bertz CT molecular complexity index is 484. The summed E-state index contributed by atoms with van der Waals surface area (Å²) in [5.74, 6) is 0. The van der Waals surface area contributed by atoms with Crippen molar-refractivity contribution >= 4 is 27.3 Å². The number of nitrogens with two attached hydrogens (primary N) is 1. The third-order valence-corrected chi connectivity index (χ3v) is 4.73. The normalized spacial score (nSPS) is 12.8. The highest BCUT2D eigenvalue weighted by Crippen LogP contribution is 2.34. The second-order valence-corrected chi connectivity index (χ2v) is 5.72. The van der Waals surface area contributed by atoms with E-state index in [0.717, 1.165) is 4.47 Å². The van der Waals surface area contributed by atoms with Crippen molar-refractivity contribution in [1.82, 2.24) is 0 Å². The van der Waals surface area contributed by atoms with Crippen molar-refractivity contribution in [3.05, 3.63) is 55.7 Å². The largest absolute Gasteiger partial charge is 0.320 e. The molecule has 1 atom stereocenters. The van der Waals surface area contributed by atoms with Gasteiger partial charge in [0.05, 0.1) is 6.04 Å². The average molecular weight is 296 g/mol. The van der Waals surface area contributed by atoms with E-state index in [1.807, 2.05) is 6.07 Å². The molecule has 16 heavy (non-hydrogen) atoms. The van der Waals surface area contributed by atoms with Gasteiger partial charge in [-0.15, -0.1) is 11.3 Å². The highest BCUT2D eigenvalue weighted by atomic mass is 79.9. The SMILES string of the molecule is Cc1cccc(C)c1C(N)c1sccc1Br. The molecule has 0 saturated heterocycles. The Kier molecular flexibility index (Phi) is 3.47. The zero-order valence-corrected chi connectivity index (χ0v) is 11.7. The molecule has 0 bridgehead atoms. The molecule has 0 radical (unpaired) electrons. The van der Waals surface area contributed by atoms with Crippen molar-refractivity contribution in [1.29, 1.82) is 0 Å². The van der Waals surface area contributed by atoms with Crippen molar-refractivity contribution < 1.29 is 0 Å². The molecule has 2 rings (SSSR count). The van der Waals surface area contributed by atoms with Crippen LogP contribution in [-0.4, -0.2) is 0 Å². The molecular weight excluding hydrogens is 282 g/mol. The van der Waals surface area contributed by atoms with Gasteiger partial charge in [0.25, 0.3) is 0 Å². The van der Waals surface area contributed by atoms with E-state index in [9.17, 15) is 0 Å². The smallest absolute Gasteiger partial charge is 0.0662 e. The lowest BCUT2D eigenvalue weighted by molar-refractivity contribution is 0.867. The van der Waals surface area contributed by atoms with Crippen LogP contribution in [-0.2, 0) is 0 Å². The van der Waals surface area contributed by atoms with Gasteiger partial charge in [-0.05, 0) is 57.9 Å². The maximum atomic E-state index is 6.34. The third-order valence-electron chi connectivity index (χ3n) is 2.78. The van der Waals surface area contributed by atoms with Crippen LogP contribution in [0.25, 0.3) is 0 Å². The number of halogens is 1. The first kappa shape index (κ1) is 11.8. The quantitative estimate of drug-likeness (QED) is 0.884. The first-order chi connectivity index (χ1) is 7.61. The van der Waals surface area contributed by atoms with Crippen molar-refractivity contribution in [2.45, 2.75) is 19.9 Å². The molecule has 0 aliphatic heterocycles. The number of rotatable bonds is 2. The number of hydrogen-bond acceptors (Lipinski definition) is 2. The summed E-state index contributed by atoms with van der Waals surface area (Å²) in [5, 5.41) is 2.06. The van der Waals surface area contributed by atoms with E-state index in [4.69, 9.17) is 5.73 Å². The second kappa shape index (κ2) is 4.70. The van der Waals surface area contributed by atoms with Gasteiger partial charge in [0.15, 0.2) is 0 Å².